The van der Waals surface area contributed by atoms with Crippen LogP contribution in [0.2, 0.25) is 10.0 Å². The van der Waals surface area contributed by atoms with Crippen molar-refractivity contribution in [3.05, 3.63) is 69.2 Å². The maximum absolute atomic E-state index is 6.23. The summed E-state index contributed by atoms with van der Waals surface area (Å²) in [5, 5.41) is 5.03. The van der Waals surface area contributed by atoms with Crippen LogP contribution in [-0.4, -0.2) is 6.04 Å². The van der Waals surface area contributed by atoms with Crippen LogP contribution >= 0.6 is 23.2 Å². The molecule has 1 aliphatic carbocycles. The van der Waals surface area contributed by atoms with Crippen LogP contribution in [0.4, 0.5) is 0 Å². The minimum absolute atomic E-state index is 0.399. The second-order valence-corrected chi connectivity index (χ2v) is 7.28. The summed E-state index contributed by atoms with van der Waals surface area (Å²) in [7, 11) is 0. The van der Waals surface area contributed by atoms with Crippen molar-refractivity contribution in [3.63, 3.8) is 0 Å². The largest absolute Gasteiger partial charge is 0.307 e. The molecule has 0 radical (unpaired) electrons. The van der Waals surface area contributed by atoms with Crippen molar-refractivity contribution in [1.29, 1.82) is 0 Å². The second-order valence-electron chi connectivity index (χ2n) is 6.46. The van der Waals surface area contributed by atoms with Gasteiger partial charge in [0.05, 0.1) is 10.0 Å². The highest BCUT2D eigenvalue weighted by atomic mass is 35.5. The van der Waals surface area contributed by atoms with Gasteiger partial charge in [-0.25, -0.2) is 0 Å². The lowest BCUT2D eigenvalue weighted by atomic mass is 9.76. The molecule has 1 aliphatic rings. The lowest BCUT2D eigenvalue weighted by Crippen LogP contribution is -2.33. The quantitative estimate of drug-likeness (QED) is 0.679. The molecule has 0 aromatic heterocycles. The molecule has 3 rings (SSSR count). The Bertz CT molecular complexity index is 683. The molecule has 3 heteroatoms. The van der Waals surface area contributed by atoms with Crippen LogP contribution < -0.4 is 5.32 Å². The van der Waals surface area contributed by atoms with Crippen molar-refractivity contribution in [2.24, 2.45) is 0 Å². The smallest absolute Gasteiger partial charge is 0.0595 e. The first-order chi connectivity index (χ1) is 11.1. The van der Waals surface area contributed by atoms with Gasteiger partial charge in [-0.3, -0.25) is 0 Å². The summed E-state index contributed by atoms with van der Waals surface area (Å²) in [6.45, 7) is 4.48. The zero-order chi connectivity index (χ0) is 16.4. The molecule has 0 spiro atoms. The molecular weight excluding hydrogens is 325 g/mol. The van der Waals surface area contributed by atoms with Crippen LogP contribution in [0.5, 0.6) is 0 Å². The molecule has 2 aromatic carbocycles. The van der Waals surface area contributed by atoms with E-state index in [1.54, 1.807) is 0 Å². The summed E-state index contributed by atoms with van der Waals surface area (Å²) in [4.78, 5) is 0. The highest BCUT2D eigenvalue weighted by molar-refractivity contribution is 6.42. The zero-order valence-corrected chi connectivity index (χ0v) is 15.2. The Balaban J connectivity index is 1.94. The maximum atomic E-state index is 6.23. The standard InChI is InChI=1S/C20H23Cl2N/c1-3-13(2)23-20-11-9-15(16-6-4-5-7-17(16)20)14-8-10-18(21)19(22)12-14/h4-8,10,12-13,15,20,23H,3,9,11H2,1-2H3/t13?,15-,20?/m0/s1. The zero-order valence-electron chi connectivity index (χ0n) is 13.7. The van der Waals surface area contributed by atoms with Gasteiger partial charge in [-0.15, -0.1) is 0 Å². The molecule has 0 amide bonds. The predicted molar refractivity (Wildman–Crippen MR) is 99.6 cm³/mol. The summed E-state index contributed by atoms with van der Waals surface area (Å²) in [6, 6.07) is 15.8. The third-order valence-electron chi connectivity index (χ3n) is 4.93. The highest BCUT2D eigenvalue weighted by Gasteiger charge is 2.28. The van der Waals surface area contributed by atoms with Crippen molar-refractivity contribution >= 4 is 23.2 Å². The number of hydrogen-bond donors (Lipinski definition) is 1. The molecule has 122 valence electrons. The average Bonchev–Trinajstić information content (AvgIpc) is 2.57. The van der Waals surface area contributed by atoms with Gasteiger partial charge >= 0.3 is 0 Å². The number of hydrogen-bond acceptors (Lipinski definition) is 1. The van der Waals surface area contributed by atoms with Crippen molar-refractivity contribution in [2.75, 3.05) is 0 Å². The summed E-state index contributed by atoms with van der Waals surface area (Å²) >= 11 is 12.3. The van der Waals surface area contributed by atoms with Crippen LogP contribution in [0, 0.1) is 0 Å². The minimum Gasteiger partial charge on any atom is -0.307 e. The molecule has 1 N–H and O–H groups in total. The predicted octanol–water partition coefficient (Wildman–Crippen LogP) is 6.35. The maximum Gasteiger partial charge on any atom is 0.0595 e. The van der Waals surface area contributed by atoms with Gasteiger partial charge < -0.3 is 5.32 Å². The van der Waals surface area contributed by atoms with Crippen molar-refractivity contribution in [3.8, 4) is 0 Å². The van der Waals surface area contributed by atoms with E-state index >= 15 is 0 Å². The fourth-order valence-electron chi connectivity index (χ4n) is 3.50. The monoisotopic (exact) mass is 347 g/mol. The molecule has 2 unspecified atom stereocenters. The molecule has 0 fully saturated rings. The van der Waals surface area contributed by atoms with Gasteiger partial charge in [0.15, 0.2) is 0 Å². The van der Waals surface area contributed by atoms with E-state index in [4.69, 9.17) is 23.2 Å². The Morgan fingerprint density at radius 1 is 1.04 bits per heavy atom. The molecule has 1 nitrogen and oxygen atoms in total. The third-order valence-corrected chi connectivity index (χ3v) is 5.67. The average molecular weight is 348 g/mol. The molecule has 3 atom stereocenters. The highest BCUT2D eigenvalue weighted by Crippen LogP contribution is 2.42. The number of fused-ring (bicyclic) bond motifs is 1. The van der Waals surface area contributed by atoms with E-state index in [2.05, 4.69) is 49.5 Å². The lowest BCUT2D eigenvalue weighted by molar-refractivity contribution is 0.391. The van der Waals surface area contributed by atoms with Crippen LogP contribution in [-0.2, 0) is 0 Å². The molecular formula is C20H23Cl2N. The number of rotatable bonds is 4. The molecule has 0 saturated heterocycles. The van der Waals surface area contributed by atoms with Gasteiger partial charge in [0.25, 0.3) is 0 Å². The minimum atomic E-state index is 0.399. The normalized spacial score (nSPS) is 21.7. The van der Waals surface area contributed by atoms with E-state index in [0.29, 0.717) is 28.0 Å². The van der Waals surface area contributed by atoms with Gasteiger partial charge in [-0.05, 0) is 55.0 Å². The van der Waals surface area contributed by atoms with Crippen LogP contribution in [0.1, 0.15) is 61.8 Å². The Labute approximate surface area is 149 Å². The van der Waals surface area contributed by atoms with Crippen molar-refractivity contribution < 1.29 is 0 Å². The van der Waals surface area contributed by atoms with E-state index in [-0.39, 0.29) is 0 Å². The van der Waals surface area contributed by atoms with Gasteiger partial charge in [-0.2, -0.15) is 0 Å². The van der Waals surface area contributed by atoms with E-state index in [1.807, 2.05) is 12.1 Å². The van der Waals surface area contributed by atoms with Gasteiger partial charge in [0.2, 0.25) is 0 Å². The van der Waals surface area contributed by atoms with Gasteiger partial charge in [-0.1, -0.05) is 60.5 Å². The fraction of sp³-hybridized carbons (Fsp3) is 0.400. The first-order valence-electron chi connectivity index (χ1n) is 8.40. The molecule has 0 bridgehead atoms. The van der Waals surface area contributed by atoms with E-state index in [9.17, 15) is 0 Å². The van der Waals surface area contributed by atoms with E-state index in [0.717, 1.165) is 19.3 Å². The summed E-state index contributed by atoms with van der Waals surface area (Å²) in [5.41, 5.74) is 4.10. The van der Waals surface area contributed by atoms with Crippen molar-refractivity contribution in [1.82, 2.24) is 5.32 Å². The molecule has 2 aromatic rings. The first-order valence-corrected chi connectivity index (χ1v) is 9.15. The third kappa shape index (κ3) is 3.57. The Kier molecular flexibility index (Phi) is 5.31. The molecule has 23 heavy (non-hydrogen) atoms. The molecule has 0 heterocycles. The summed E-state index contributed by atoms with van der Waals surface area (Å²) in [6.07, 6.45) is 3.42. The lowest BCUT2D eigenvalue weighted by Gasteiger charge is -2.34. The van der Waals surface area contributed by atoms with Gasteiger partial charge in [0, 0.05) is 18.0 Å². The summed E-state index contributed by atoms with van der Waals surface area (Å²) < 4.78 is 0. The Morgan fingerprint density at radius 2 is 1.78 bits per heavy atom. The second kappa shape index (κ2) is 7.25. The van der Waals surface area contributed by atoms with E-state index < -0.39 is 0 Å². The van der Waals surface area contributed by atoms with Crippen LogP contribution in [0.15, 0.2) is 42.5 Å². The summed E-state index contributed by atoms with van der Waals surface area (Å²) in [5.74, 6) is 0.399. The molecule has 0 aliphatic heterocycles. The number of halogens is 2. The van der Waals surface area contributed by atoms with E-state index in [1.165, 1.54) is 16.7 Å². The van der Waals surface area contributed by atoms with Crippen LogP contribution in [0.3, 0.4) is 0 Å². The number of benzene rings is 2. The SMILES string of the molecule is CCC(C)NC1CC[C@@H](c2ccc(Cl)c(Cl)c2)c2ccccc21. The Hall–Kier alpha value is -1.02. The first kappa shape index (κ1) is 16.8. The number of nitrogens with one attached hydrogen (secondary N) is 1. The van der Waals surface area contributed by atoms with Crippen molar-refractivity contribution in [2.45, 2.75) is 51.1 Å². The van der Waals surface area contributed by atoms with Crippen LogP contribution in [0.25, 0.3) is 0 Å². The molecule has 0 saturated carbocycles. The fourth-order valence-corrected chi connectivity index (χ4v) is 3.81. The van der Waals surface area contributed by atoms with Gasteiger partial charge in [0.1, 0.15) is 0 Å². The topological polar surface area (TPSA) is 12.0 Å². The Morgan fingerprint density at radius 3 is 2.48 bits per heavy atom.